The second-order valence-electron chi connectivity index (χ2n) is 4.93. The van der Waals surface area contributed by atoms with Crippen LogP contribution in [-0.2, 0) is 6.54 Å². The Hall–Kier alpha value is -2.44. The predicted molar refractivity (Wildman–Crippen MR) is 78.9 cm³/mol. The highest BCUT2D eigenvalue weighted by molar-refractivity contribution is 5.31. The SMILES string of the molecule is OC(CNCc1cnn(-c2ccc(F)cc2)c1)c1ccco1. The topological polar surface area (TPSA) is 63.2 Å². The van der Waals surface area contributed by atoms with E-state index >= 15 is 0 Å². The summed E-state index contributed by atoms with van der Waals surface area (Å²) in [5.74, 6) is 0.263. The summed E-state index contributed by atoms with van der Waals surface area (Å²) >= 11 is 0. The predicted octanol–water partition coefficient (Wildman–Crippen LogP) is 2.43. The molecule has 1 atom stereocenters. The minimum atomic E-state index is -0.679. The Bertz CT molecular complexity index is 707. The molecular weight excluding hydrogens is 285 g/mol. The third-order valence-corrected chi connectivity index (χ3v) is 3.27. The van der Waals surface area contributed by atoms with Crippen LogP contribution in [0.1, 0.15) is 17.4 Å². The van der Waals surface area contributed by atoms with Crippen molar-refractivity contribution >= 4 is 0 Å². The van der Waals surface area contributed by atoms with Crippen LogP contribution in [0.4, 0.5) is 4.39 Å². The molecule has 0 saturated carbocycles. The van der Waals surface area contributed by atoms with E-state index in [0.29, 0.717) is 18.8 Å². The number of furan rings is 1. The standard InChI is InChI=1S/C16H16FN3O2/c17-13-3-5-14(6-4-13)20-11-12(9-19-20)8-18-10-15(21)16-2-1-7-22-16/h1-7,9,11,15,18,21H,8,10H2. The van der Waals surface area contributed by atoms with Gasteiger partial charge in [0.2, 0.25) is 0 Å². The van der Waals surface area contributed by atoms with E-state index in [4.69, 9.17) is 4.42 Å². The van der Waals surface area contributed by atoms with E-state index in [1.807, 2.05) is 6.20 Å². The maximum atomic E-state index is 12.9. The summed E-state index contributed by atoms with van der Waals surface area (Å²) in [7, 11) is 0. The number of rotatable bonds is 6. The average Bonchev–Trinajstić information content (AvgIpc) is 3.19. The summed E-state index contributed by atoms with van der Waals surface area (Å²) in [6.45, 7) is 0.953. The number of aliphatic hydroxyl groups excluding tert-OH is 1. The molecular formula is C16H16FN3O2. The molecule has 1 unspecified atom stereocenters. The zero-order valence-corrected chi connectivity index (χ0v) is 11.8. The van der Waals surface area contributed by atoms with Gasteiger partial charge in [0.15, 0.2) is 0 Å². The van der Waals surface area contributed by atoms with Crippen molar-refractivity contribution in [2.45, 2.75) is 12.6 Å². The van der Waals surface area contributed by atoms with Crippen molar-refractivity contribution < 1.29 is 13.9 Å². The van der Waals surface area contributed by atoms with Crippen molar-refractivity contribution in [1.29, 1.82) is 0 Å². The van der Waals surface area contributed by atoms with Gasteiger partial charge in [0.05, 0.1) is 18.1 Å². The van der Waals surface area contributed by atoms with E-state index in [2.05, 4.69) is 10.4 Å². The zero-order chi connectivity index (χ0) is 15.4. The van der Waals surface area contributed by atoms with E-state index in [1.165, 1.54) is 18.4 Å². The lowest BCUT2D eigenvalue weighted by Gasteiger charge is -2.08. The van der Waals surface area contributed by atoms with Crippen LogP contribution in [-0.4, -0.2) is 21.4 Å². The van der Waals surface area contributed by atoms with Gasteiger partial charge >= 0.3 is 0 Å². The Labute approximate surface area is 127 Å². The third-order valence-electron chi connectivity index (χ3n) is 3.27. The Morgan fingerprint density at radius 1 is 1.27 bits per heavy atom. The minimum absolute atomic E-state index is 0.273. The molecule has 0 saturated heterocycles. The van der Waals surface area contributed by atoms with Crippen LogP contribution in [0.3, 0.4) is 0 Å². The molecule has 5 nitrogen and oxygen atoms in total. The first kappa shape index (κ1) is 14.5. The molecule has 3 aromatic rings. The molecule has 0 spiro atoms. The molecule has 114 valence electrons. The monoisotopic (exact) mass is 301 g/mol. The van der Waals surface area contributed by atoms with E-state index in [1.54, 1.807) is 35.1 Å². The van der Waals surface area contributed by atoms with E-state index < -0.39 is 6.10 Å². The molecule has 1 aromatic carbocycles. The highest BCUT2D eigenvalue weighted by Gasteiger charge is 2.09. The number of hydrogen-bond donors (Lipinski definition) is 2. The van der Waals surface area contributed by atoms with Crippen LogP contribution < -0.4 is 5.32 Å². The van der Waals surface area contributed by atoms with E-state index in [9.17, 15) is 9.50 Å². The number of hydrogen-bond acceptors (Lipinski definition) is 4. The quantitative estimate of drug-likeness (QED) is 0.734. The van der Waals surface area contributed by atoms with Gasteiger partial charge in [-0.3, -0.25) is 0 Å². The fourth-order valence-corrected chi connectivity index (χ4v) is 2.12. The van der Waals surface area contributed by atoms with Gasteiger partial charge in [-0.2, -0.15) is 5.10 Å². The normalized spacial score (nSPS) is 12.5. The van der Waals surface area contributed by atoms with Crippen molar-refractivity contribution in [1.82, 2.24) is 15.1 Å². The molecule has 0 radical (unpaired) electrons. The van der Waals surface area contributed by atoms with Crippen molar-refractivity contribution in [3.63, 3.8) is 0 Å². The van der Waals surface area contributed by atoms with Crippen molar-refractivity contribution in [2.24, 2.45) is 0 Å². The smallest absolute Gasteiger partial charge is 0.133 e. The summed E-state index contributed by atoms with van der Waals surface area (Å²) in [5.41, 5.74) is 1.76. The summed E-state index contributed by atoms with van der Waals surface area (Å²) in [4.78, 5) is 0. The molecule has 0 aliphatic rings. The van der Waals surface area contributed by atoms with Gasteiger partial charge in [0.1, 0.15) is 17.7 Å². The molecule has 2 aromatic heterocycles. The Morgan fingerprint density at radius 2 is 2.09 bits per heavy atom. The number of nitrogens with zero attached hydrogens (tertiary/aromatic N) is 2. The Kier molecular flexibility index (Phi) is 4.32. The molecule has 2 heterocycles. The molecule has 0 aliphatic heterocycles. The lowest BCUT2D eigenvalue weighted by molar-refractivity contribution is 0.147. The first-order valence-electron chi connectivity index (χ1n) is 6.94. The highest BCUT2D eigenvalue weighted by Crippen LogP contribution is 2.12. The van der Waals surface area contributed by atoms with Crippen molar-refractivity contribution in [3.8, 4) is 5.69 Å². The van der Waals surface area contributed by atoms with Crippen molar-refractivity contribution in [3.05, 3.63) is 72.2 Å². The molecule has 3 rings (SSSR count). The van der Waals surface area contributed by atoms with Gasteiger partial charge in [-0.15, -0.1) is 0 Å². The van der Waals surface area contributed by atoms with E-state index in [0.717, 1.165) is 11.3 Å². The van der Waals surface area contributed by atoms with Gasteiger partial charge in [-0.25, -0.2) is 9.07 Å². The van der Waals surface area contributed by atoms with Crippen molar-refractivity contribution in [2.75, 3.05) is 6.54 Å². The van der Waals surface area contributed by atoms with Gasteiger partial charge < -0.3 is 14.8 Å². The number of halogens is 1. The number of benzene rings is 1. The zero-order valence-electron chi connectivity index (χ0n) is 11.8. The summed E-state index contributed by atoms with van der Waals surface area (Å²) < 4.78 is 19.7. The molecule has 2 N–H and O–H groups in total. The molecule has 0 fully saturated rings. The molecule has 22 heavy (non-hydrogen) atoms. The third kappa shape index (κ3) is 3.41. The molecule has 0 amide bonds. The lowest BCUT2D eigenvalue weighted by Crippen LogP contribution is -2.20. The minimum Gasteiger partial charge on any atom is -0.467 e. The average molecular weight is 301 g/mol. The fraction of sp³-hybridized carbons (Fsp3) is 0.188. The van der Waals surface area contributed by atoms with Crippen LogP contribution in [0, 0.1) is 5.82 Å². The first-order chi connectivity index (χ1) is 10.7. The largest absolute Gasteiger partial charge is 0.467 e. The van der Waals surface area contributed by atoms with Crippen LogP contribution in [0.25, 0.3) is 5.69 Å². The summed E-state index contributed by atoms with van der Waals surface area (Å²) in [5, 5.41) is 17.3. The number of aliphatic hydroxyl groups is 1. The maximum absolute atomic E-state index is 12.9. The van der Waals surface area contributed by atoms with Gasteiger partial charge in [-0.1, -0.05) is 0 Å². The van der Waals surface area contributed by atoms with Gasteiger partial charge in [-0.05, 0) is 36.4 Å². The Balaban J connectivity index is 1.55. The lowest BCUT2D eigenvalue weighted by atomic mass is 10.2. The second-order valence-corrected chi connectivity index (χ2v) is 4.93. The summed E-state index contributed by atoms with van der Waals surface area (Å²) in [6, 6.07) is 9.61. The van der Waals surface area contributed by atoms with Crippen LogP contribution in [0.5, 0.6) is 0 Å². The van der Waals surface area contributed by atoms with E-state index in [-0.39, 0.29) is 5.82 Å². The van der Waals surface area contributed by atoms with Crippen LogP contribution >= 0.6 is 0 Å². The van der Waals surface area contributed by atoms with Gasteiger partial charge in [0.25, 0.3) is 0 Å². The van der Waals surface area contributed by atoms with Crippen LogP contribution in [0.15, 0.2) is 59.5 Å². The first-order valence-corrected chi connectivity index (χ1v) is 6.94. The molecule has 6 heteroatoms. The fourth-order valence-electron chi connectivity index (χ4n) is 2.12. The summed E-state index contributed by atoms with van der Waals surface area (Å²) in [6.07, 6.45) is 4.45. The maximum Gasteiger partial charge on any atom is 0.133 e. The van der Waals surface area contributed by atoms with Crippen LogP contribution in [0.2, 0.25) is 0 Å². The number of nitrogens with one attached hydrogen (secondary N) is 1. The molecule has 0 aliphatic carbocycles. The second kappa shape index (κ2) is 6.55. The number of aromatic nitrogens is 2. The Morgan fingerprint density at radius 3 is 2.82 bits per heavy atom. The highest BCUT2D eigenvalue weighted by atomic mass is 19.1. The molecule has 0 bridgehead atoms. The van der Waals surface area contributed by atoms with Gasteiger partial charge in [0, 0.05) is 24.8 Å².